The van der Waals surface area contributed by atoms with Crippen LogP contribution in [0.2, 0.25) is 0 Å². The summed E-state index contributed by atoms with van der Waals surface area (Å²) in [4.78, 5) is 24.8. The minimum Gasteiger partial charge on any atom is -0.493 e. The number of Topliss-reactive ketones (excluding diaryl/α,β-unsaturated/α-hetero) is 2. The highest BCUT2D eigenvalue weighted by Gasteiger charge is 2.31. The Morgan fingerprint density at radius 1 is 1.14 bits per heavy atom. The first-order valence-corrected chi connectivity index (χ1v) is 7.23. The number of hydrogen-bond donors (Lipinski definition) is 0. The molecule has 0 aliphatic rings. The molecule has 0 amide bonds. The van der Waals surface area contributed by atoms with Gasteiger partial charge in [-0.05, 0) is 31.0 Å². The molecule has 0 N–H and O–H groups in total. The number of rotatable bonds is 8. The van der Waals surface area contributed by atoms with Gasteiger partial charge in [-0.3, -0.25) is 9.59 Å². The Kier molecular flexibility index (Phi) is 6.58. The summed E-state index contributed by atoms with van der Waals surface area (Å²) in [6.07, 6.45) is 1.24. The number of methoxy groups -OCH3 is 2. The molecule has 0 saturated carbocycles. The van der Waals surface area contributed by atoms with Crippen LogP contribution in [0.25, 0.3) is 0 Å². The molecular formula is C17H21NO4. The second kappa shape index (κ2) is 8.18. The summed E-state index contributed by atoms with van der Waals surface area (Å²) in [5.41, 5.74) is 0.267. The van der Waals surface area contributed by atoms with Crippen molar-refractivity contribution in [3.05, 3.63) is 23.8 Å². The highest BCUT2D eigenvalue weighted by molar-refractivity contribution is 6.13. The summed E-state index contributed by atoms with van der Waals surface area (Å²) >= 11 is 0. The van der Waals surface area contributed by atoms with Gasteiger partial charge in [-0.25, -0.2) is 0 Å². The van der Waals surface area contributed by atoms with Crippen LogP contribution in [0.3, 0.4) is 0 Å². The lowest BCUT2D eigenvalue weighted by atomic mass is 9.85. The van der Waals surface area contributed by atoms with Crippen LogP contribution in [-0.4, -0.2) is 25.8 Å². The van der Waals surface area contributed by atoms with E-state index in [2.05, 4.69) is 0 Å². The SMILES string of the molecule is CCC(CC)C(=O)C(C#N)C(=O)c1ccc(OC)c(OC)c1. The fourth-order valence-electron chi connectivity index (χ4n) is 2.33. The number of nitrogens with zero attached hydrogens (tertiary/aromatic N) is 1. The molecule has 1 atom stereocenters. The van der Waals surface area contributed by atoms with Gasteiger partial charge >= 0.3 is 0 Å². The third-order valence-corrected chi connectivity index (χ3v) is 3.73. The molecule has 5 heteroatoms. The Labute approximate surface area is 130 Å². The number of ether oxygens (including phenoxy) is 2. The molecule has 0 fully saturated rings. The van der Waals surface area contributed by atoms with E-state index in [4.69, 9.17) is 9.47 Å². The second-order valence-electron chi connectivity index (χ2n) is 4.91. The van der Waals surface area contributed by atoms with Crippen LogP contribution in [0.5, 0.6) is 11.5 Å². The zero-order valence-corrected chi connectivity index (χ0v) is 13.4. The molecule has 22 heavy (non-hydrogen) atoms. The second-order valence-corrected chi connectivity index (χ2v) is 4.91. The summed E-state index contributed by atoms with van der Waals surface area (Å²) in [5, 5.41) is 9.25. The lowest BCUT2D eigenvalue weighted by Gasteiger charge is -2.15. The van der Waals surface area contributed by atoms with Gasteiger partial charge in [0.1, 0.15) is 0 Å². The zero-order valence-electron chi connectivity index (χ0n) is 13.4. The molecule has 0 aliphatic heterocycles. The zero-order chi connectivity index (χ0) is 16.7. The van der Waals surface area contributed by atoms with Crippen molar-refractivity contribution >= 4 is 11.6 Å². The molecule has 0 spiro atoms. The van der Waals surface area contributed by atoms with E-state index in [1.54, 1.807) is 6.07 Å². The van der Waals surface area contributed by atoms with Crippen molar-refractivity contribution in [1.82, 2.24) is 0 Å². The predicted molar refractivity (Wildman–Crippen MR) is 82.1 cm³/mol. The minimum atomic E-state index is -1.27. The molecule has 118 valence electrons. The predicted octanol–water partition coefficient (Wildman–Crippen LogP) is 3.03. The highest BCUT2D eigenvalue weighted by atomic mass is 16.5. The number of benzene rings is 1. The van der Waals surface area contributed by atoms with Crippen LogP contribution in [0.4, 0.5) is 0 Å². The molecule has 0 radical (unpaired) electrons. The summed E-state index contributed by atoms with van der Waals surface area (Å²) in [6, 6.07) is 6.46. The molecule has 0 aliphatic carbocycles. The third kappa shape index (κ3) is 3.64. The molecular weight excluding hydrogens is 282 g/mol. The molecule has 1 aromatic carbocycles. The summed E-state index contributed by atoms with van der Waals surface area (Å²) in [7, 11) is 2.96. The number of ketones is 2. The Morgan fingerprint density at radius 2 is 1.73 bits per heavy atom. The molecule has 1 aromatic rings. The van der Waals surface area contributed by atoms with E-state index in [9.17, 15) is 14.9 Å². The summed E-state index contributed by atoms with van der Waals surface area (Å²) < 4.78 is 10.3. The summed E-state index contributed by atoms with van der Waals surface area (Å²) in [6.45, 7) is 3.75. The first kappa shape index (κ1) is 17.7. The van der Waals surface area contributed by atoms with E-state index >= 15 is 0 Å². The quantitative estimate of drug-likeness (QED) is 0.545. The first-order valence-electron chi connectivity index (χ1n) is 7.23. The van der Waals surface area contributed by atoms with Crippen LogP contribution >= 0.6 is 0 Å². The third-order valence-electron chi connectivity index (χ3n) is 3.73. The van der Waals surface area contributed by atoms with Crippen LogP contribution in [0, 0.1) is 23.2 Å². The van der Waals surface area contributed by atoms with Crippen molar-refractivity contribution < 1.29 is 19.1 Å². The normalized spacial score (nSPS) is 11.6. The number of carbonyl (C=O) groups excluding carboxylic acids is 2. The smallest absolute Gasteiger partial charge is 0.187 e. The van der Waals surface area contributed by atoms with Gasteiger partial charge in [-0.2, -0.15) is 5.26 Å². The molecule has 0 saturated heterocycles. The van der Waals surface area contributed by atoms with Gasteiger partial charge in [-0.15, -0.1) is 0 Å². The topological polar surface area (TPSA) is 76.4 Å². The van der Waals surface area contributed by atoms with Crippen molar-refractivity contribution in [1.29, 1.82) is 5.26 Å². The van der Waals surface area contributed by atoms with Crippen LogP contribution in [0.1, 0.15) is 37.0 Å². The largest absolute Gasteiger partial charge is 0.493 e. The standard InChI is InChI=1S/C17H21NO4/c1-5-11(6-2)16(19)13(10-18)17(20)12-7-8-14(21-3)15(9-12)22-4/h7-9,11,13H,5-6H2,1-4H3. The minimum absolute atomic E-state index is 0.267. The maximum absolute atomic E-state index is 12.5. The molecule has 1 unspecified atom stereocenters. The Bertz CT molecular complexity index is 585. The van der Waals surface area contributed by atoms with Gasteiger partial charge in [0.15, 0.2) is 29.0 Å². The van der Waals surface area contributed by atoms with E-state index < -0.39 is 11.7 Å². The highest BCUT2D eigenvalue weighted by Crippen LogP contribution is 2.29. The van der Waals surface area contributed by atoms with E-state index in [1.165, 1.54) is 26.4 Å². The number of hydrogen-bond acceptors (Lipinski definition) is 5. The van der Waals surface area contributed by atoms with Gasteiger partial charge in [0.05, 0.1) is 20.3 Å². The summed E-state index contributed by atoms with van der Waals surface area (Å²) in [5.74, 6) is -1.48. The Balaban J connectivity index is 3.12. The van der Waals surface area contributed by atoms with E-state index in [-0.39, 0.29) is 17.3 Å². The van der Waals surface area contributed by atoms with Gasteiger partial charge < -0.3 is 9.47 Å². The van der Waals surface area contributed by atoms with E-state index in [0.29, 0.717) is 24.3 Å². The first-order chi connectivity index (χ1) is 10.5. The van der Waals surface area contributed by atoms with Gasteiger partial charge in [0, 0.05) is 11.5 Å². The van der Waals surface area contributed by atoms with Gasteiger partial charge in [0.25, 0.3) is 0 Å². The average Bonchev–Trinajstić information content (AvgIpc) is 2.55. The Morgan fingerprint density at radius 3 is 2.18 bits per heavy atom. The maximum atomic E-state index is 12.5. The lowest BCUT2D eigenvalue weighted by Crippen LogP contribution is -2.28. The van der Waals surface area contributed by atoms with Crippen molar-refractivity contribution in [2.45, 2.75) is 26.7 Å². The fourth-order valence-corrected chi connectivity index (χ4v) is 2.33. The molecule has 0 bridgehead atoms. The monoisotopic (exact) mass is 303 g/mol. The number of carbonyl (C=O) groups is 2. The maximum Gasteiger partial charge on any atom is 0.187 e. The van der Waals surface area contributed by atoms with Crippen molar-refractivity contribution in [3.63, 3.8) is 0 Å². The molecule has 5 nitrogen and oxygen atoms in total. The van der Waals surface area contributed by atoms with Gasteiger partial charge in [0.2, 0.25) is 0 Å². The van der Waals surface area contributed by atoms with Crippen LogP contribution in [-0.2, 0) is 4.79 Å². The molecule has 1 rings (SSSR count). The Hall–Kier alpha value is -2.35. The van der Waals surface area contributed by atoms with E-state index in [0.717, 1.165) is 0 Å². The van der Waals surface area contributed by atoms with Crippen molar-refractivity contribution in [3.8, 4) is 17.6 Å². The van der Waals surface area contributed by atoms with Crippen molar-refractivity contribution in [2.24, 2.45) is 11.8 Å². The van der Waals surface area contributed by atoms with Crippen LogP contribution < -0.4 is 9.47 Å². The lowest BCUT2D eigenvalue weighted by molar-refractivity contribution is -0.124. The van der Waals surface area contributed by atoms with Gasteiger partial charge in [-0.1, -0.05) is 13.8 Å². The molecule has 0 aromatic heterocycles. The average molecular weight is 303 g/mol. The number of nitriles is 1. The fraction of sp³-hybridized carbons (Fsp3) is 0.471. The van der Waals surface area contributed by atoms with Crippen molar-refractivity contribution in [2.75, 3.05) is 14.2 Å². The van der Waals surface area contributed by atoms with E-state index in [1.807, 2.05) is 19.9 Å². The van der Waals surface area contributed by atoms with Crippen LogP contribution in [0.15, 0.2) is 18.2 Å². The molecule has 0 heterocycles.